The second-order valence-corrected chi connectivity index (χ2v) is 8.52. The van der Waals surface area contributed by atoms with Gasteiger partial charge in [-0.15, -0.1) is 11.8 Å². The number of nitrogens with one attached hydrogen (secondary N) is 1. The van der Waals surface area contributed by atoms with Gasteiger partial charge in [0, 0.05) is 36.1 Å². The Kier molecular flexibility index (Phi) is 7.14. The minimum atomic E-state index is 0.0830. The maximum absolute atomic E-state index is 12.3. The minimum absolute atomic E-state index is 0.0830. The molecule has 0 saturated carbocycles. The molecule has 31 heavy (non-hydrogen) atoms. The number of carbonyl (C=O) groups is 1. The summed E-state index contributed by atoms with van der Waals surface area (Å²) in [4.78, 5) is 19.2. The van der Waals surface area contributed by atoms with Crippen LogP contribution < -0.4 is 15.0 Å². The third kappa shape index (κ3) is 5.82. The molecule has 1 amide bonds. The Labute approximate surface area is 187 Å². The highest BCUT2D eigenvalue weighted by Gasteiger charge is 2.21. The number of rotatable bonds is 8. The smallest absolute Gasteiger partial charge is 0.230 e. The molecule has 1 aromatic heterocycles. The maximum atomic E-state index is 12.3. The first-order valence-electron chi connectivity index (χ1n) is 10.5. The lowest BCUT2D eigenvalue weighted by Gasteiger charge is -2.34. The molecule has 1 aliphatic heterocycles. The number of ether oxygens (including phenoxy) is 1. The number of piperidine rings is 1. The second kappa shape index (κ2) is 10.4. The molecule has 1 aliphatic rings. The van der Waals surface area contributed by atoms with E-state index in [9.17, 15) is 4.79 Å². The van der Waals surface area contributed by atoms with Gasteiger partial charge in [0.15, 0.2) is 0 Å². The van der Waals surface area contributed by atoms with Crippen LogP contribution in [-0.2, 0) is 10.5 Å². The summed E-state index contributed by atoms with van der Waals surface area (Å²) in [6.45, 7) is 1.87. The molecule has 0 aliphatic carbocycles. The van der Waals surface area contributed by atoms with Gasteiger partial charge in [-0.25, -0.2) is 4.98 Å². The molecule has 162 valence electrons. The molecule has 4 rings (SSSR count). The van der Waals surface area contributed by atoms with Gasteiger partial charge in [0.05, 0.1) is 18.6 Å². The van der Waals surface area contributed by atoms with Crippen LogP contribution in [0.1, 0.15) is 18.5 Å². The summed E-state index contributed by atoms with van der Waals surface area (Å²) in [5.74, 6) is 2.64. The van der Waals surface area contributed by atoms with Crippen molar-refractivity contribution >= 4 is 23.4 Å². The fourth-order valence-corrected chi connectivity index (χ4v) is 4.39. The molecule has 2 aromatic carbocycles. The molecule has 0 bridgehead atoms. The molecular weight excluding hydrogens is 410 g/mol. The van der Waals surface area contributed by atoms with Crippen LogP contribution in [0.4, 0.5) is 5.69 Å². The minimum Gasteiger partial charge on any atom is -0.497 e. The highest BCUT2D eigenvalue weighted by Crippen LogP contribution is 2.23. The fourth-order valence-electron chi connectivity index (χ4n) is 3.68. The van der Waals surface area contributed by atoms with Crippen molar-refractivity contribution in [2.75, 3.05) is 30.9 Å². The van der Waals surface area contributed by atoms with Crippen LogP contribution in [0.2, 0.25) is 0 Å². The summed E-state index contributed by atoms with van der Waals surface area (Å²) in [6, 6.07) is 18.2. The van der Waals surface area contributed by atoms with Crippen molar-refractivity contribution in [2.45, 2.75) is 24.6 Å². The monoisotopic (exact) mass is 437 g/mol. The number of hydrogen-bond acceptors (Lipinski definition) is 6. The summed E-state index contributed by atoms with van der Waals surface area (Å²) < 4.78 is 10.8. The summed E-state index contributed by atoms with van der Waals surface area (Å²) in [6.07, 6.45) is 3.57. The Balaban J connectivity index is 1.17. The van der Waals surface area contributed by atoms with Gasteiger partial charge in [0.2, 0.25) is 11.8 Å². The first-order valence-corrected chi connectivity index (χ1v) is 11.6. The molecule has 0 spiro atoms. The molecule has 1 N–H and O–H groups in total. The Morgan fingerprint density at radius 1 is 1.16 bits per heavy atom. The Morgan fingerprint density at radius 2 is 1.90 bits per heavy atom. The van der Waals surface area contributed by atoms with E-state index in [0.29, 0.717) is 17.4 Å². The zero-order valence-corrected chi connectivity index (χ0v) is 18.4. The van der Waals surface area contributed by atoms with Crippen molar-refractivity contribution in [1.82, 2.24) is 10.3 Å². The molecule has 3 aromatic rings. The number of hydrogen-bond donors (Lipinski definition) is 1. The van der Waals surface area contributed by atoms with Crippen LogP contribution in [0.15, 0.2) is 65.3 Å². The van der Waals surface area contributed by atoms with E-state index in [1.807, 2.05) is 42.5 Å². The zero-order chi connectivity index (χ0) is 21.5. The number of oxazole rings is 1. The number of carbonyl (C=O) groups excluding carboxylic acids is 1. The number of anilines is 1. The van der Waals surface area contributed by atoms with E-state index in [1.54, 1.807) is 25.1 Å². The van der Waals surface area contributed by atoms with Crippen molar-refractivity contribution in [2.24, 2.45) is 0 Å². The largest absolute Gasteiger partial charge is 0.497 e. The van der Waals surface area contributed by atoms with Crippen LogP contribution in [0.5, 0.6) is 5.75 Å². The maximum Gasteiger partial charge on any atom is 0.230 e. The zero-order valence-electron chi connectivity index (χ0n) is 17.6. The molecule has 1 saturated heterocycles. The van der Waals surface area contributed by atoms with Gasteiger partial charge in [0.25, 0.3) is 0 Å². The Morgan fingerprint density at radius 3 is 2.61 bits per heavy atom. The number of thioether (sulfide) groups is 1. The van der Waals surface area contributed by atoms with Gasteiger partial charge in [0.1, 0.15) is 12.0 Å². The van der Waals surface area contributed by atoms with Crippen molar-refractivity contribution in [1.29, 1.82) is 0 Å². The fraction of sp³-hybridized carbons (Fsp3) is 0.333. The van der Waals surface area contributed by atoms with Crippen LogP contribution in [0.3, 0.4) is 0 Å². The molecule has 1 fully saturated rings. The highest BCUT2D eigenvalue weighted by atomic mass is 32.2. The molecule has 0 unspecified atom stereocenters. The van der Waals surface area contributed by atoms with E-state index in [0.717, 1.165) is 42.9 Å². The average Bonchev–Trinajstić information content (AvgIpc) is 3.29. The third-order valence-electron chi connectivity index (χ3n) is 5.35. The van der Waals surface area contributed by atoms with Crippen molar-refractivity contribution in [3.8, 4) is 17.2 Å². The van der Waals surface area contributed by atoms with Crippen LogP contribution in [-0.4, -0.2) is 42.9 Å². The van der Waals surface area contributed by atoms with Gasteiger partial charge in [-0.05, 0) is 49.2 Å². The van der Waals surface area contributed by atoms with E-state index in [2.05, 4.69) is 27.3 Å². The van der Waals surface area contributed by atoms with E-state index in [1.165, 1.54) is 5.69 Å². The average molecular weight is 438 g/mol. The molecular formula is C24H27N3O3S. The standard InChI is InChI=1S/C24H27N3O3S/c1-29-22-9-7-21(8-10-22)27-13-11-19(12-14-27)25-23(28)17-31-16-20-15-30-24(26-20)18-5-3-2-4-6-18/h2-10,15,19H,11-14,16-17H2,1H3,(H,25,28). The van der Waals surface area contributed by atoms with Gasteiger partial charge < -0.3 is 19.4 Å². The van der Waals surface area contributed by atoms with E-state index in [-0.39, 0.29) is 11.9 Å². The lowest BCUT2D eigenvalue weighted by molar-refractivity contribution is -0.119. The topological polar surface area (TPSA) is 67.6 Å². The summed E-state index contributed by atoms with van der Waals surface area (Å²) >= 11 is 1.56. The van der Waals surface area contributed by atoms with Crippen LogP contribution in [0.25, 0.3) is 11.5 Å². The van der Waals surface area contributed by atoms with E-state index < -0.39 is 0 Å². The lowest BCUT2D eigenvalue weighted by Crippen LogP contribution is -2.45. The van der Waals surface area contributed by atoms with Gasteiger partial charge >= 0.3 is 0 Å². The molecule has 0 atom stereocenters. The predicted octanol–water partition coefficient (Wildman–Crippen LogP) is 4.37. The number of methoxy groups -OCH3 is 1. The number of nitrogens with zero attached hydrogens (tertiary/aromatic N) is 2. The van der Waals surface area contributed by atoms with Gasteiger partial charge in [-0.1, -0.05) is 18.2 Å². The molecule has 6 nitrogen and oxygen atoms in total. The SMILES string of the molecule is COc1ccc(N2CCC(NC(=O)CSCc3coc(-c4ccccc4)n3)CC2)cc1. The first-order chi connectivity index (χ1) is 15.2. The first kappa shape index (κ1) is 21.3. The lowest BCUT2D eigenvalue weighted by atomic mass is 10.0. The Bertz CT molecular complexity index is 967. The molecule has 2 heterocycles. The summed E-state index contributed by atoms with van der Waals surface area (Å²) in [5.41, 5.74) is 3.01. The Hall–Kier alpha value is -2.93. The van der Waals surface area contributed by atoms with Gasteiger partial charge in [-0.2, -0.15) is 0 Å². The van der Waals surface area contributed by atoms with Crippen LogP contribution in [0, 0.1) is 0 Å². The summed E-state index contributed by atoms with van der Waals surface area (Å²) in [7, 11) is 1.68. The molecule has 0 radical (unpaired) electrons. The quantitative estimate of drug-likeness (QED) is 0.565. The number of amides is 1. The van der Waals surface area contributed by atoms with Crippen LogP contribution >= 0.6 is 11.8 Å². The van der Waals surface area contributed by atoms with Crippen molar-refractivity contribution < 1.29 is 13.9 Å². The normalized spacial score (nSPS) is 14.4. The number of aromatic nitrogens is 1. The van der Waals surface area contributed by atoms with Gasteiger partial charge in [-0.3, -0.25) is 4.79 Å². The van der Waals surface area contributed by atoms with Crippen molar-refractivity contribution in [3.63, 3.8) is 0 Å². The predicted molar refractivity (Wildman–Crippen MR) is 124 cm³/mol. The third-order valence-corrected chi connectivity index (χ3v) is 6.32. The molecule has 7 heteroatoms. The van der Waals surface area contributed by atoms with E-state index in [4.69, 9.17) is 9.15 Å². The van der Waals surface area contributed by atoms with Crippen molar-refractivity contribution in [3.05, 3.63) is 66.6 Å². The van der Waals surface area contributed by atoms with E-state index >= 15 is 0 Å². The summed E-state index contributed by atoms with van der Waals surface area (Å²) in [5, 5.41) is 3.18. The number of benzene rings is 2. The second-order valence-electron chi connectivity index (χ2n) is 7.53. The highest BCUT2D eigenvalue weighted by molar-refractivity contribution is 7.99.